The molecule has 2 aromatic carbocycles. The summed E-state index contributed by atoms with van der Waals surface area (Å²) in [5.74, 6) is 0.161. The first-order valence-corrected chi connectivity index (χ1v) is 6.35. The molecule has 0 fully saturated rings. The summed E-state index contributed by atoms with van der Waals surface area (Å²) < 4.78 is 0. The summed E-state index contributed by atoms with van der Waals surface area (Å²) in [5, 5.41) is 1.23. The van der Waals surface area contributed by atoms with Gasteiger partial charge in [-0.1, -0.05) is 47.5 Å². The molecule has 0 bridgehead atoms. The van der Waals surface area contributed by atoms with Gasteiger partial charge >= 0.3 is 0 Å². The van der Waals surface area contributed by atoms with Crippen molar-refractivity contribution >= 4 is 29.0 Å². The average Bonchev–Trinajstić information content (AvgIpc) is 2.27. The molecule has 3 heteroatoms. The van der Waals surface area contributed by atoms with E-state index in [4.69, 9.17) is 23.2 Å². The number of carbonyl (C=O) groups excluding carboxylic acids is 1. The minimum absolute atomic E-state index is 0.161. The first kappa shape index (κ1) is 13.1. The zero-order valence-corrected chi connectivity index (χ0v) is 11.4. The molecule has 2 aromatic rings. The topological polar surface area (TPSA) is 17.1 Å². The highest BCUT2D eigenvalue weighted by Crippen LogP contribution is 2.27. The highest BCUT2D eigenvalue weighted by molar-refractivity contribution is 6.35. The Kier molecular flexibility index (Phi) is 4.05. The van der Waals surface area contributed by atoms with Crippen molar-refractivity contribution in [3.63, 3.8) is 0 Å². The zero-order valence-electron chi connectivity index (χ0n) is 9.91. The van der Waals surface area contributed by atoms with E-state index in [1.807, 2.05) is 36.4 Å². The molecule has 0 amide bonds. The zero-order chi connectivity index (χ0) is 13.1. The van der Waals surface area contributed by atoms with E-state index in [2.05, 4.69) is 0 Å². The number of hydrogen-bond donors (Lipinski definition) is 0. The van der Waals surface area contributed by atoms with E-state index in [9.17, 15) is 4.79 Å². The Morgan fingerprint density at radius 2 is 1.50 bits per heavy atom. The summed E-state index contributed by atoms with van der Waals surface area (Å²) in [5.41, 5.74) is 3.02. The van der Waals surface area contributed by atoms with Crippen molar-refractivity contribution < 1.29 is 4.79 Å². The van der Waals surface area contributed by atoms with E-state index in [-0.39, 0.29) is 5.78 Å². The lowest BCUT2D eigenvalue weighted by molar-refractivity contribution is -0.116. The van der Waals surface area contributed by atoms with Gasteiger partial charge in [0, 0.05) is 16.5 Å². The Hall–Kier alpha value is -1.31. The van der Waals surface area contributed by atoms with Crippen LogP contribution in [0.15, 0.2) is 42.5 Å². The summed E-state index contributed by atoms with van der Waals surface area (Å²) in [7, 11) is 0. The summed E-state index contributed by atoms with van der Waals surface area (Å²) in [4.78, 5) is 11.0. The van der Waals surface area contributed by atoms with Crippen LogP contribution < -0.4 is 0 Å². The third-order valence-electron chi connectivity index (χ3n) is 2.60. The molecule has 0 aromatic heterocycles. The van der Waals surface area contributed by atoms with Crippen LogP contribution in [-0.2, 0) is 11.2 Å². The van der Waals surface area contributed by atoms with E-state index in [1.165, 1.54) is 0 Å². The molecule has 0 aliphatic rings. The summed E-state index contributed by atoms with van der Waals surface area (Å²) in [6.45, 7) is 1.59. The molecule has 0 N–H and O–H groups in total. The van der Waals surface area contributed by atoms with Crippen LogP contribution in [0.3, 0.4) is 0 Å². The first-order valence-electron chi connectivity index (χ1n) is 5.59. The second kappa shape index (κ2) is 5.55. The van der Waals surface area contributed by atoms with Gasteiger partial charge in [0.25, 0.3) is 0 Å². The molecule has 0 unspecified atom stereocenters. The third kappa shape index (κ3) is 3.34. The van der Waals surface area contributed by atoms with Gasteiger partial charge in [-0.15, -0.1) is 0 Å². The Labute approximate surface area is 116 Å². The maximum absolute atomic E-state index is 11.0. The molecule has 0 aliphatic carbocycles. The van der Waals surface area contributed by atoms with Gasteiger partial charge in [0.05, 0.1) is 0 Å². The molecular formula is C15H12Cl2O. The van der Waals surface area contributed by atoms with Gasteiger partial charge in [-0.25, -0.2) is 0 Å². The van der Waals surface area contributed by atoms with Crippen LogP contribution in [0.2, 0.25) is 10.0 Å². The standard InChI is InChI=1S/C15H12Cl2O/c1-10(18)6-11-2-4-12(5-3-11)13-7-14(16)9-15(17)8-13/h2-5,7-9H,6H2,1H3. The Balaban J connectivity index is 2.31. The number of rotatable bonds is 3. The number of Topliss-reactive ketones (excluding diaryl/α,β-unsaturated/α-hetero) is 1. The van der Waals surface area contributed by atoms with Crippen LogP contribution in [0.1, 0.15) is 12.5 Å². The van der Waals surface area contributed by atoms with Gasteiger partial charge in [0.15, 0.2) is 0 Å². The van der Waals surface area contributed by atoms with E-state index in [0.717, 1.165) is 16.7 Å². The fraction of sp³-hybridized carbons (Fsp3) is 0.133. The van der Waals surface area contributed by atoms with Crippen molar-refractivity contribution in [2.24, 2.45) is 0 Å². The SMILES string of the molecule is CC(=O)Cc1ccc(-c2cc(Cl)cc(Cl)c2)cc1. The van der Waals surface area contributed by atoms with Crippen LogP contribution in [0.4, 0.5) is 0 Å². The van der Waals surface area contributed by atoms with Crippen LogP contribution in [0.25, 0.3) is 11.1 Å². The lowest BCUT2D eigenvalue weighted by atomic mass is 10.0. The summed E-state index contributed by atoms with van der Waals surface area (Å²) >= 11 is 11.9. The molecule has 0 atom stereocenters. The maximum Gasteiger partial charge on any atom is 0.134 e. The lowest BCUT2D eigenvalue weighted by Crippen LogP contribution is -1.95. The van der Waals surface area contributed by atoms with Crippen molar-refractivity contribution in [1.82, 2.24) is 0 Å². The molecule has 1 nitrogen and oxygen atoms in total. The lowest BCUT2D eigenvalue weighted by Gasteiger charge is -2.05. The minimum atomic E-state index is 0.161. The van der Waals surface area contributed by atoms with Crippen molar-refractivity contribution in [3.05, 3.63) is 58.1 Å². The second-order valence-corrected chi connectivity index (χ2v) is 5.11. The van der Waals surface area contributed by atoms with E-state index < -0.39 is 0 Å². The highest BCUT2D eigenvalue weighted by atomic mass is 35.5. The molecule has 0 heterocycles. The predicted molar refractivity (Wildman–Crippen MR) is 76.3 cm³/mol. The molecule has 0 spiro atoms. The normalized spacial score (nSPS) is 10.4. The van der Waals surface area contributed by atoms with Gasteiger partial charge in [0.2, 0.25) is 0 Å². The number of ketones is 1. The fourth-order valence-corrected chi connectivity index (χ4v) is 2.35. The number of halogens is 2. The average molecular weight is 279 g/mol. The molecular weight excluding hydrogens is 267 g/mol. The van der Waals surface area contributed by atoms with Crippen LogP contribution in [0, 0.1) is 0 Å². The smallest absolute Gasteiger partial charge is 0.134 e. The van der Waals surface area contributed by atoms with Gasteiger partial charge in [-0.05, 0) is 41.8 Å². The minimum Gasteiger partial charge on any atom is -0.300 e. The van der Waals surface area contributed by atoms with E-state index in [1.54, 1.807) is 13.0 Å². The number of hydrogen-bond acceptors (Lipinski definition) is 1. The van der Waals surface area contributed by atoms with Gasteiger partial charge in [0.1, 0.15) is 5.78 Å². The van der Waals surface area contributed by atoms with E-state index in [0.29, 0.717) is 16.5 Å². The Morgan fingerprint density at radius 3 is 2.00 bits per heavy atom. The summed E-state index contributed by atoms with van der Waals surface area (Å²) in [6.07, 6.45) is 0.469. The number of benzene rings is 2. The molecule has 18 heavy (non-hydrogen) atoms. The molecule has 0 saturated heterocycles. The van der Waals surface area contributed by atoms with Gasteiger partial charge in [-0.3, -0.25) is 4.79 Å². The third-order valence-corrected chi connectivity index (χ3v) is 3.04. The van der Waals surface area contributed by atoms with Crippen LogP contribution in [0.5, 0.6) is 0 Å². The molecule has 2 rings (SSSR count). The van der Waals surface area contributed by atoms with Crippen LogP contribution in [-0.4, -0.2) is 5.78 Å². The summed E-state index contributed by atoms with van der Waals surface area (Å²) in [6, 6.07) is 13.3. The Morgan fingerprint density at radius 1 is 0.944 bits per heavy atom. The maximum atomic E-state index is 11.0. The van der Waals surface area contributed by atoms with Gasteiger partial charge in [-0.2, -0.15) is 0 Å². The quantitative estimate of drug-likeness (QED) is 0.789. The van der Waals surface area contributed by atoms with Gasteiger partial charge < -0.3 is 0 Å². The van der Waals surface area contributed by atoms with Crippen molar-refractivity contribution in [2.75, 3.05) is 0 Å². The largest absolute Gasteiger partial charge is 0.300 e. The van der Waals surface area contributed by atoms with E-state index >= 15 is 0 Å². The van der Waals surface area contributed by atoms with Crippen molar-refractivity contribution in [1.29, 1.82) is 0 Å². The predicted octanol–water partition coefficient (Wildman–Crippen LogP) is 4.79. The molecule has 92 valence electrons. The monoisotopic (exact) mass is 278 g/mol. The molecule has 0 aliphatic heterocycles. The van der Waals surface area contributed by atoms with Crippen molar-refractivity contribution in [3.8, 4) is 11.1 Å². The fourth-order valence-electron chi connectivity index (χ4n) is 1.82. The van der Waals surface area contributed by atoms with Crippen LogP contribution >= 0.6 is 23.2 Å². The number of carbonyl (C=O) groups is 1. The van der Waals surface area contributed by atoms with Crippen molar-refractivity contribution in [2.45, 2.75) is 13.3 Å². The second-order valence-electron chi connectivity index (χ2n) is 4.23. The Bertz CT molecular complexity index is 553. The highest BCUT2D eigenvalue weighted by Gasteiger charge is 2.02. The first-order chi connectivity index (χ1) is 8.54. The molecule has 0 saturated carbocycles. The molecule has 0 radical (unpaired) electrons.